The Morgan fingerprint density at radius 3 is 2.66 bits per heavy atom. The first-order chi connectivity index (χ1) is 15.3. The minimum atomic E-state index is -1.11. The van der Waals surface area contributed by atoms with Crippen LogP contribution in [-0.4, -0.2) is 76.2 Å². The van der Waals surface area contributed by atoms with Crippen LogP contribution in [0.1, 0.15) is 59.8 Å². The fourth-order valence-corrected chi connectivity index (χ4v) is 6.67. The number of hydrogen-bond donors (Lipinski definition) is 2. The van der Waals surface area contributed by atoms with E-state index < -0.39 is 41.6 Å². The van der Waals surface area contributed by atoms with E-state index in [-0.39, 0.29) is 35.8 Å². The summed E-state index contributed by atoms with van der Waals surface area (Å²) in [5.74, 6) is -2.61. The highest BCUT2D eigenvalue weighted by Gasteiger charge is 2.77. The highest BCUT2D eigenvalue weighted by Crippen LogP contribution is 2.60. The summed E-state index contributed by atoms with van der Waals surface area (Å²) < 4.78 is 11.7. The van der Waals surface area contributed by atoms with E-state index in [4.69, 9.17) is 9.47 Å². The Morgan fingerprint density at radius 1 is 1.34 bits per heavy atom. The molecular formula is C23H37BrN2O6. The van der Waals surface area contributed by atoms with Gasteiger partial charge in [0.15, 0.2) is 0 Å². The number of esters is 1. The van der Waals surface area contributed by atoms with E-state index in [0.717, 1.165) is 25.7 Å². The zero-order valence-electron chi connectivity index (χ0n) is 19.5. The van der Waals surface area contributed by atoms with Crippen molar-refractivity contribution >= 4 is 33.7 Å². The van der Waals surface area contributed by atoms with Crippen molar-refractivity contribution in [1.82, 2.24) is 10.2 Å². The molecule has 3 fully saturated rings. The van der Waals surface area contributed by atoms with Crippen molar-refractivity contribution in [1.29, 1.82) is 0 Å². The van der Waals surface area contributed by atoms with Crippen molar-refractivity contribution in [3.05, 3.63) is 0 Å². The third-order valence-corrected chi connectivity index (χ3v) is 8.30. The van der Waals surface area contributed by atoms with Gasteiger partial charge >= 0.3 is 5.97 Å². The lowest BCUT2D eigenvalue weighted by Crippen LogP contribution is -2.59. The number of hydrogen-bond acceptors (Lipinski definition) is 6. The lowest BCUT2D eigenvalue weighted by Gasteiger charge is -2.38. The number of amides is 2. The van der Waals surface area contributed by atoms with Gasteiger partial charge in [0.2, 0.25) is 11.8 Å². The van der Waals surface area contributed by atoms with E-state index in [1.54, 1.807) is 6.92 Å². The van der Waals surface area contributed by atoms with E-state index in [0.29, 0.717) is 13.0 Å². The number of aliphatic hydroxyl groups excluding tert-OH is 1. The van der Waals surface area contributed by atoms with Crippen LogP contribution in [0.5, 0.6) is 0 Å². The van der Waals surface area contributed by atoms with Gasteiger partial charge in [-0.15, -0.1) is 0 Å². The maximum Gasteiger partial charge on any atom is 0.312 e. The molecular weight excluding hydrogens is 480 g/mol. The summed E-state index contributed by atoms with van der Waals surface area (Å²) in [4.78, 5) is 41.6. The number of nitrogens with zero attached hydrogens (tertiary/aromatic N) is 1. The summed E-state index contributed by atoms with van der Waals surface area (Å²) >= 11 is 3.63. The number of ether oxygens (including phenoxy) is 2. The largest absolute Gasteiger partial charge is 0.466 e. The van der Waals surface area contributed by atoms with Crippen molar-refractivity contribution < 1.29 is 29.0 Å². The average molecular weight is 517 g/mol. The number of fused-ring (bicyclic) bond motifs is 1. The second kappa shape index (κ2) is 10.4. The molecule has 0 aromatic rings. The number of likely N-dealkylation sites (tertiary alicyclic amines) is 1. The molecule has 3 aliphatic rings. The van der Waals surface area contributed by atoms with Gasteiger partial charge in [-0.05, 0) is 25.7 Å². The van der Waals surface area contributed by atoms with Crippen LogP contribution in [0.25, 0.3) is 0 Å². The van der Waals surface area contributed by atoms with E-state index in [2.05, 4.69) is 28.2 Å². The lowest BCUT2D eigenvalue weighted by molar-refractivity contribution is -0.155. The SMILES string of the molecule is CCCCCNC(=O)C1N([C@@H](CO)[C@@H](C)CC)C(=O)[C@@H]2[C@H](C(=O)OCC)[C@H]3OC12CC3Br. The van der Waals surface area contributed by atoms with E-state index in [1.807, 2.05) is 13.8 Å². The molecule has 0 aromatic heterocycles. The minimum Gasteiger partial charge on any atom is -0.466 e. The molecule has 2 N–H and O–H groups in total. The molecule has 32 heavy (non-hydrogen) atoms. The fraction of sp³-hybridized carbons (Fsp3) is 0.870. The van der Waals surface area contributed by atoms with E-state index in [1.165, 1.54) is 4.90 Å². The molecule has 1 spiro atoms. The average Bonchev–Trinajstić information content (AvgIpc) is 3.35. The number of halogens is 1. The van der Waals surface area contributed by atoms with Crippen LogP contribution in [0, 0.1) is 17.8 Å². The summed E-state index contributed by atoms with van der Waals surface area (Å²) in [5.41, 5.74) is -1.11. The Balaban J connectivity index is 2.01. The second-order valence-electron chi connectivity index (χ2n) is 9.29. The van der Waals surface area contributed by atoms with Crippen molar-refractivity contribution in [2.45, 2.75) is 88.4 Å². The molecule has 3 rings (SSSR count). The molecule has 0 radical (unpaired) electrons. The smallest absolute Gasteiger partial charge is 0.312 e. The molecule has 3 saturated heterocycles. The molecule has 3 unspecified atom stereocenters. The van der Waals surface area contributed by atoms with Crippen LogP contribution in [0.2, 0.25) is 0 Å². The Kier molecular flexibility index (Phi) is 8.25. The number of carbonyl (C=O) groups is 3. The van der Waals surface area contributed by atoms with E-state index in [9.17, 15) is 19.5 Å². The molecule has 8 nitrogen and oxygen atoms in total. The zero-order valence-corrected chi connectivity index (χ0v) is 21.1. The van der Waals surface area contributed by atoms with Gasteiger partial charge in [0.25, 0.3) is 0 Å². The fourth-order valence-electron chi connectivity index (χ4n) is 5.73. The summed E-state index contributed by atoms with van der Waals surface area (Å²) in [6, 6.07) is -1.42. The van der Waals surface area contributed by atoms with Crippen LogP contribution in [0.4, 0.5) is 0 Å². The molecule has 8 atom stereocenters. The van der Waals surface area contributed by atoms with Crippen LogP contribution >= 0.6 is 15.9 Å². The first kappa shape index (κ1) is 25.4. The van der Waals surface area contributed by atoms with Gasteiger partial charge in [0.1, 0.15) is 11.6 Å². The summed E-state index contributed by atoms with van der Waals surface area (Å²) in [6.07, 6.45) is 3.56. The van der Waals surface area contributed by atoms with Crippen LogP contribution < -0.4 is 5.32 Å². The second-order valence-corrected chi connectivity index (χ2v) is 10.5. The molecule has 2 amide bonds. The molecule has 3 heterocycles. The van der Waals surface area contributed by atoms with Gasteiger partial charge < -0.3 is 24.8 Å². The Labute approximate surface area is 198 Å². The summed E-state index contributed by atoms with van der Waals surface area (Å²) in [5, 5.41) is 13.2. The van der Waals surface area contributed by atoms with Gasteiger partial charge in [0, 0.05) is 11.4 Å². The predicted molar refractivity (Wildman–Crippen MR) is 122 cm³/mol. The van der Waals surface area contributed by atoms with Crippen LogP contribution in [0.3, 0.4) is 0 Å². The molecule has 0 saturated carbocycles. The standard InChI is InChI=1S/C23H37BrN2O6/c1-5-8-9-10-25-20(28)19-23-11-14(24)18(32-23)16(22(30)31-7-3)17(23)21(29)26(19)15(12-27)13(4)6-2/h13-19,27H,5-12H2,1-4H3,(H,25,28)/t13-,14?,15-,16-,17-,18-,19?,23?/m0/s1. The first-order valence-corrected chi connectivity index (χ1v) is 12.9. The molecule has 0 aliphatic carbocycles. The zero-order chi connectivity index (χ0) is 23.6. The number of aliphatic hydroxyl groups is 1. The number of unbranched alkanes of at least 4 members (excludes halogenated alkanes) is 2. The third kappa shape index (κ3) is 4.09. The number of alkyl halides is 1. The normalized spacial score (nSPS) is 35.0. The predicted octanol–water partition coefficient (Wildman–Crippen LogP) is 2.01. The first-order valence-electron chi connectivity index (χ1n) is 12.0. The molecule has 2 bridgehead atoms. The van der Waals surface area contributed by atoms with Crippen molar-refractivity contribution in [3.63, 3.8) is 0 Å². The van der Waals surface area contributed by atoms with Gasteiger partial charge in [-0.25, -0.2) is 0 Å². The quantitative estimate of drug-likeness (QED) is 0.247. The maximum atomic E-state index is 13.8. The summed E-state index contributed by atoms with van der Waals surface area (Å²) in [7, 11) is 0. The van der Waals surface area contributed by atoms with Crippen LogP contribution in [-0.2, 0) is 23.9 Å². The highest BCUT2D eigenvalue weighted by atomic mass is 79.9. The van der Waals surface area contributed by atoms with Crippen molar-refractivity contribution in [2.75, 3.05) is 19.8 Å². The van der Waals surface area contributed by atoms with E-state index >= 15 is 0 Å². The molecule has 9 heteroatoms. The maximum absolute atomic E-state index is 13.8. The van der Waals surface area contributed by atoms with Gasteiger partial charge in [-0.2, -0.15) is 0 Å². The third-order valence-electron chi connectivity index (χ3n) is 7.46. The minimum absolute atomic E-state index is 0.0208. The number of nitrogens with one attached hydrogen (secondary N) is 1. The Morgan fingerprint density at radius 2 is 2.06 bits per heavy atom. The molecule has 3 aliphatic heterocycles. The van der Waals surface area contributed by atoms with Crippen LogP contribution in [0.15, 0.2) is 0 Å². The molecule has 0 aromatic carbocycles. The highest BCUT2D eigenvalue weighted by molar-refractivity contribution is 9.09. The lowest BCUT2D eigenvalue weighted by atomic mass is 9.70. The molecule has 182 valence electrons. The topological polar surface area (TPSA) is 105 Å². The summed E-state index contributed by atoms with van der Waals surface area (Å²) in [6.45, 7) is 8.25. The van der Waals surface area contributed by atoms with Gasteiger partial charge in [-0.1, -0.05) is 56.0 Å². The van der Waals surface area contributed by atoms with Crippen molar-refractivity contribution in [2.24, 2.45) is 17.8 Å². The van der Waals surface area contributed by atoms with Crippen molar-refractivity contribution in [3.8, 4) is 0 Å². The van der Waals surface area contributed by atoms with Gasteiger partial charge in [0.05, 0.1) is 37.2 Å². The monoisotopic (exact) mass is 516 g/mol. The Bertz CT molecular complexity index is 721. The Hall–Kier alpha value is -1.19. The number of rotatable bonds is 11. The van der Waals surface area contributed by atoms with Gasteiger partial charge in [-0.3, -0.25) is 14.4 Å². The number of carbonyl (C=O) groups excluding carboxylic acids is 3.